The number of methoxy groups -OCH3 is 2. The topological polar surface area (TPSA) is 111 Å². The molecule has 1 heterocycles. The summed E-state index contributed by atoms with van der Waals surface area (Å²) in [4.78, 5) is 37.4. The Labute approximate surface area is 173 Å². The Bertz CT molecular complexity index is 1000. The number of nitrogens with zero attached hydrogens (tertiary/aromatic N) is 2. The van der Waals surface area contributed by atoms with Gasteiger partial charge in [0.25, 0.3) is 11.6 Å². The van der Waals surface area contributed by atoms with E-state index in [1.165, 1.54) is 20.3 Å². The van der Waals surface area contributed by atoms with Crippen LogP contribution in [0.25, 0.3) is 0 Å². The van der Waals surface area contributed by atoms with Crippen molar-refractivity contribution in [1.82, 2.24) is 4.90 Å². The van der Waals surface area contributed by atoms with Crippen molar-refractivity contribution in [1.29, 1.82) is 0 Å². The van der Waals surface area contributed by atoms with E-state index in [1.807, 2.05) is 13.0 Å². The number of nitro benzene ring substituents is 1. The number of ether oxygens (including phenoxy) is 2. The van der Waals surface area contributed by atoms with E-state index in [0.717, 1.165) is 23.6 Å². The molecule has 0 aromatic heterocycles. The van der Waals surface area contributed by atoms with Crippen LogP contribution in [0, 0.1) is 10.1 Å². The lowest BCUT2D eigenvalue weighted by Gasteiger charge is -2.29. The summed E-state index contributed by atoms with van der Waals surface area (Å²) in [7, 11) is 2.75. The Hall–Kier alpha value is -3.62. The van der Waals surface area contributed by atoms with Gasteiger partial charge in [0.05, 0.1) is 25.2 Å². The molecule has 0 atom stereocenters. The number of anilines is 1. The van der Waals surface area contributed by atoms with E-state index < -0.39 is 10.8 Å². The zero-order valence-electron chi connectivity index (χ0n) is 17.1. The van der Waals surface area contributed by atoms with E-state index in [-0.39, 0.29) is 28.7 Å². The molecule has 0 saturated heterocycles. The number of nitro groups is 1. The quantitative estimate of drug-likeness (QED) is 0.575. The van der Waals surface area contributed by atoms with E-state index in [0.29, 0.717) is 25.2 Å². The molecule has 3 rings (SSSR count). The lowest BCUT2D eigenvalue weighted by molar-refractivity contribution is -0.385. The molecule has 2 amide bonds. The summed E-state index contributed by atoms with van der Waals surface area (Å²) in [6, 6.07) is 7.90. The fourth-order valence-corrected chi connectivity index (χ4v) is 3.47. The fraction of sp³-hybridized carbons (Fsp3) is 0.333. The second-order valence-corrected chi connectivity index (χ2v) is 6.84. The van der Waals surface area contributed by atoms with Crippen molar-refractivity contribution in [2.75, 3.05) is 26.1 Å². The first kappa shape index (κ1) is 21.1. The molecular weight excluding hydrogens is 390 g/mol. The van der Waals surface area contributed by atoms with E-state index in [9.17, 15) is 19.7 Å². The summed E-state index contributed by atoms with van der Waals surface area (Å²) in [5, 5.41) is 14.2. The number of nitrogens with one attached hydrogen (secondary N) is 1. The van der Waals surface area contributed by atoms with Crippen LogP contribution in [0.2, 0.25) is 0 Å². The number of rotatable bonds is 6. The zero-order chi connectivity index (χ0) is 21.8. The predicted octanol–water partition coefficient (Wildman–Crippen LogP) is 3.16. The summed E-state index contributed by atoms with van der Waals surface area (Å²) >= 11 is 0. The van der Waals surface area contributed by atoms with Gasteiger partial charge in [0.2, 0.25) is 5.91 Å². The maximum Gasteiger partial charge on any atom is 0.286 e. The van der Waals surface area contributed by atoms with Crippen LogP contribution in [-0.4, -0.2) is 42.4 Å². The van der Waals surface area contributed by atoms with Crippen molar-refractivity contribution in [2.24, 2.45) is 0 Å². The van der Waals surface area contributed by atoms with Gasteiger partial charge in [-0.3, -0.25) is 19.7 Å². The van der Waals surface area contributed by atoms with Gasteiger partial charge < -0.3 is 19.7 Å². The molecule has 0 radical (unpaired) electrons. The number of benzene rings is 2. The van der Waals surface area contributed by atoms with Gasteiger partial charge in [0.15, 0.2) is 11.5 Å². The van der Waals surface area contributed by atoms with Crippen LogP contribution in [0.5, 0.6) is 11.5 Å². The number of hydrogen-bond acceptors (Lipinski definition) is 6. The maximum absolute atomic E-state index is 12.8. The number of fused-ring (bicyclic) bond motifs is 1. The van der Waals surface area contributed by atoms with Crippen LogP contribution in [0.4, 0.5) is 11.4 Å². The average molecular weight is 413 g/mol. The van der Waals surface area contributed by atoms with Crippen molar-refractivity contribution >= 4 is 23.2 Å². The first-order valence-electron chi connectivity index (χ1n) is 9.49. The summed E-state index contributed by atoms with van der Waals surface area (Å²) in [6.45, 7) is 2.97. The van der Waals surface area contributed by atoms with Gasteiger partial charge in [-0.1, -0.05) is 13.0 Å². The first-order valence-corrected chi connectivity index (χ1v) is 9.49. The van der Waals surface area contributed by atoms with Gasteiger partial charge in [0.1, 0.15) is 5.56 Å². The molecule has 2 aromatic carbocycles. The number of carbonyl (C=O) groups is 2. The smallest absolute Gasteiger partial charge is 0.286 e. The van der Waals surface area contributed by atoms with E-state index >= 15 is 0 Å². The minimum Gasteiger partial charge on any atom is -0.493 e. The lowest BCUT2D eigenvalue weighted by atomic mass is 9.98. The van der Waals surface area contributed by atoms with Crippen LogP contribution in [0.1, 0.15) is 34.8 Å². The second kappa shape index (κ2) is 8.81. The summed E-state index contributed by atoms with van der Waals surface area (Å²) in [6.07, 6.45) is 1.19. The molecule has 0 fully saturated rings. The minimum absolute atomic E-state index is 0.0797. The van der Waals surface area contributed by atoms with Crippen molar-refractivity contribution in [3.05, 3.63) is 57.1 Å². The molecule has 9 heteroatoms. The summed E-state index contributed by atoms with van der Waals surface area (Å²) in [5.41, 5.74) is 2.03. The average Bonchev–Trinajstić information content (AvgIpc) is 2.76. The monoisotopic (exact) mass is 413 g/mol. The van der Waals surface area contributed by atoms with Crippen molar-refractivity contribution in [3.63, 3.8) is 0 Å². The highest BCUT2D eigenvalue weighted by Crippen LogP contribution is 2.35. The highest BCUT2D eigenvalue weighted by atomic mass is 16.6. The molecule has 0 spiro atoms. The minimum atomic E-state index is -0.641. The van der Waals surface area contributed by atoms with Crippen LogP contribution in [0.15, 0.2) is 30.3 Å². The molecule has 158 valence electrons. The van der Waals surface area contributed by atoms with Crippen LogP contribution < -0.4 is 14.8 Å². The van der Waals surface area contributed by atoms with Gasteiger partial charge in [-0.25, -0.2) is 0 Å². The van der Waals surface area contributed by atoms with Crippen LogP contribution in [0.3, 0.4) is 0 Å². The molecule has 1 N–H and O–H groups in total. The van der Waals surface area contributed by atoms with Crippen molar-refractivity contribution < 1.29 is 24.0 Å². The van der Waals surface area contributed by atoms with Crippen molar-refractivity contribution in [3.8, 4) is 11.5 Å². The molecule has 2 aromatic rings. The van der Waals surface area contributed by atoms with Gasteiger partial charge >= 0.3 is 0 Å². The van der Waals surface area contributed by atoms with Gasteiger partial charge in [-0.15, -0.1) is 0 Å². The Morgan fingerprint density at radius 3 is 2.47 bits per heavy atom. The predicted molar refractivity (Wildman–Crippen MR) is 110 cm³/mol. The molecule has 0 bridgehead atoms. The van der Waals surface area contributed by atoms with E-state index in [2.05, 4.69) is 5.32 Å². The number of carbonyl (C=O) groups excluding carboxylic acids is 2. The lowest BCUT2D eigenvalue weighted by Crippen LogP contribution is -2.35. The third kappa shape index (κ3) is 4.19. The third-order valence-electron chi connectivity index (χ3n) is 5.07. The van der Waals surface area contributed by atoms with Gasteiger partial charge in [0, 0.05) is 31.3 Å². The Balaban J connectivity index is 1.88. The standard InChI is InChI=1S/C21H23N3O6/c1-4-20(25)23-8-7-13-5-6-15(9-14(13)12-23)22-21(26)16-10-18(29-2)19(30-3)11-17(16)24(27)28/h5-6,9-11H,4,7-8,12H2,1-3H3,(H,22,26). The van der Waals surface area contributed by atoms with Crippen LogP contribution >= 0.6 is 0 Å². The molecule has 9 nitrogen and oxygen atoms in total. The van der Waals surface area contributed by atoms with E-state index in [4.69, 9.17) is 9.47 Å². The molecule has 30 heavy (non-hydrogen) atoms. The number of amides is 2. The SMILES string of the molecule is CCC(=O)N1CCc2ccc(NC(=O)c3cc(OC)c(OC)cc3[N+](=O)[O-])cc2C1. The molecule has 1 aliphatic rings. The largest absolute Gasteiger partial charge is 0.493 e. The second-order valence-electron chi connectivity index (χ2n) is 6.84. The van der Waals surface area contributed by atoms with E-state index in [1.54, 1.807) is 17.0 Å². The molecule has 0 aliphatic carbocycles. The number of hydrogen-bond donors (Lipinski definition) is 1. The highest BCUT2D eigenvalue weighted by molar-refractivity contribution is 6.07. The Morgan fingerprint density at radius 2 is 1.83 bits per heavy atom. The molecular formula is C21H23N3O6. The maximum atomic E-state index is 12.8. The van der Waals surface area contributed by atoms with Crippen LogP contribution in [-0.2, 0) is 17.8 Å². The van der Waals surface area contributed by atoms with Gasteiger partial charge in [-0.2, -0.15) is 0 Å². The van der Waals surface area contributed by atoms with Crippen molar-refractivity contribution in [2.45, 2.75) is 26.3 Å². The fourth-order valence-electron chi connectivity index (χ4n) is 3.47. The summed E-state index contributed by atoms with van der Waals surface area (Å²) in [5.74, 6) is -0.182. The Kier molecular flexibility index (Phi) is 6.20. The third-order valence-corrected chi connectivity index (χ3v) is 5.07. The normalized spacial score (nSPS) is 12.7. The molecule has 1 aliphatic heterocycles. The highest BCUT2D eigenvalue weighted by Gasteiger charge is 2.25. The first-order chi connectivity index (χ1) is 14.4. The Morgan fingerprint density at radius 1 is 1.13 bits per heavy atom. The van der Waals surface area contributed by atoms with Gasteiger partial charge in [-0.05, 0) is 29.7 Å². The molecule has 0 saturated carbocycles. The molecule has 0 unspecified atom stereocenters. The summed E-state index contributed by atoms with van der Waals surface area (Å²) < 4.78 is 10.3. The zero-order valence-corrected chi connectivity index (χ0v) is 17.1.